The van der Waals surface area contributed by atoms with Gasteiger partial charge in [-0.05, 0) is 18.9 Å². The predicted molar refractivity (Wildman–Crippen MR) is 116 cm³/mol. The summed E-state index contributed by atoms with van der Waals surface area (Å²) in [5.41, 5.74) is -0.0618. The number of nitrogens with one attached hydrogen (secondary N) is 2. The second-order valence-electron chi connectivity index (χ2n) is 7.61. The van der Waals surface area contributed by atoms with E-state index in [1.54, 1.807) is 12.3 Å². The zero-order valence-electron chi connectivity index (χ0n) is 17.8. The quantitative estimate of drug-likeness (QED) is 0.460. The van der Waals surface area contributed by atoms with Gasteiger partial charge in [0.1, 0.15) is 0 Å². The Morgan fingerprint density at radius 2 is 1.59 bits per heavy atom. The van der Waals surface area contributed by atoms with Crippen molar-refractivity contribution >= 4 is 28.8 Å². The molecule has 2 heterocycles. The van der Waals surface area contributed by atoms with Crippen LogP contribution in [0.5, 0.6) is 0 Å². The average molecular weight is 403 g/mol. The Kier molecular flexibility index (Phi) is 9.60. The number of nitrogens with zero attached hydrogens (tertiary/aromatic N) is 2. The molecule has 0 aromatic carbocycles. The summed E-state index contributed by atoms with van der Waals surface area (Å²) in [6.07, 6.45) is 13.0. The molecule has 29 heavy (non-hydrogen) atoms. The number of H-pyrrole nitrogens is 1. The van der Waals surface area contributed by atoms with Crippen LogP contribution in [0.1, 0.15) is 95.7 Å². The second-order valence-corrected chi connectivity index (χ2v) is 7.61. The highest BCUT2D eigenvalue weighted by Gasteiger charge is 2.14. The highest BCUT2D eigenvalue weighted by Crippen LogP contribution is 2.14. The maximum atomic E-state index is 12.5. The Hall–Kier alpha value is -2.44. The number of fused-ring (bicyclic) bond motifs is 1. The van der Waals surface area contributed by atoms with Crippen LogP contribution in [0.15, 0.2) is 17.1 Å². The Morgan fingerprint density at radius 1 is 0.966 bits per heavy atom. The van der Waals surface area contributed by atoms with Gasteiger partial charge in [-0.3, -0.25) is 29.3 Å². The van der Waals surface area contributed by atoms with E-state index in [0.717, 1.165) is 51.4 Å². The van der Waals surface area contributed by atoms with Crippen LogP contribution in [-0.2, 0) is 4.79 Å². The second kappa shape index (κ2) is 12.2. The molecule has 0 unspecified atom stereocenters. The molecule has 0 aliphatic rings. The molecule has 2 N–H and O–H groups in total. The third kappa shape index (κ3) is 7.15. The van der Waals surface area contributed by atoms with Crippen molar-refractivity contribution in [3.63, 3.8) is 0 Å². The molecular formula is C22H34N4O3. The Bertz CT molecular complexity index is 853. The van der Waals surface area contributed by atoms with Crippen LogP contribution in [0, 0.1) is 0 Å². The molecule has 2 rings (SSSR count). The first kappa shape index (κ1) is 22.8. The van der Waals surface area contributed by atoms with E-state index in [1.807, 2.05) is 0 Å². The lowest BCUT2D eigenvalue weighted by molar-refractivity contribution is -0.116. The maximum Gasteiger partial charge on any atom is 0.261 e. The van der Waals surface area contributed by atoms with Gasteiger partial charge in [0.05, 0.1) is 5.39 Å². The van der Waals surface area contributed by atoms with Crippen molar-refractivity contribution in [2.24, 2.45) is 0 Å². The number of carbonyl (C=O) groups is 2. The fraction of sp³-hybridized carbons (Fsp3) is 0.636. The van der Waals surface area contributed by atoms with Gasteiger partial charge in [-0.1, -0.05) is 65.2 Å². The van der Waals surface area contributed by atoms with Gasteiger partial charge in [0.2, 0.25) is 17.8 Å². The molecule has 0 aliphatic heterocycles. The first-order valence-electron chi connectivity index (χ1n) is 11.0. The molecule has 0 bridgehead atoms. The normalized spacial score (nSPS) is 11.1. The lowest BCUT2D eigenvalue weighted by atomic mass is 10.1. The Labute approximate surface area is 172 Å². The van der Waals surface area contributed by atoms with Crippen molar-refractivity contribution in [2.45, 2.75) is 90.9 Å². The predicted octanol–water partition coefficient (Wildman–Crippen LogP) is 5.02. The van der Waals surface area contributed by atoms with Crippen molar-refractivity contribution in [2.75, 3.05) is 5.32 Å². The number of hydrogen-bond acceptors (Lipinski definition) is 4. The van der Waals surface area contributed by atoms with E-state index in [0.29, 0.717) is 23.9 Å². The van der Waals surface area contributed by atoms with Gasteiger partial charge in [-0.25, -0.2) is 0 Å². The van der Waals surface area contributed by atoms with Gasteiger partial charge in [0.25, 0.3) is 5.56 Å². The first-order valence-corrected chi connectivity index (χ1v) is 11.0. The van der Waals surface area contributed by atoms with Crippen LogP contribution in [0.2, 0.25) is 0 Å². The van der Waals surface area contributed by atoms with Gasteiger partial charge in [0.15, 0.2) is 5.65 Å². The van der Waals surface area contributed by atoms with E-state index in [4.69, 9.17) is 0 Å². The average Bonchev–Trinajstić information content (AvgIpc) is 3.12. The summed E-state index contributed by atoms with van der Waals surface area (Å²) >= 11 is 0. The molecule has 0 saturated heterocycles. The summed E-state index contributed by atoms with van der Waals surface area (Å²) in [5.74, 6) is -0.163. The van der Waals surface area contributed by atoms with Gasteiger partial charge in [-0.2, -0.15) is 4.98 Å². The molecule has 160 valence electrons. The summed E-state index contributed by atoms with van der Waals surface area (Å²) in [6.45, 7) is 4.31. The molecule has 0 atom stereocenters. The molecule has 0 fully saturated rings. The number of aromatic nitrogens is 3. The standard InChI is InChI=1S/C22H34N4O3/c1-3-5-7-9-11-13-18(27)23-22-24-20-17(21(29)25-22)15-16-26(20)19(28)14-12-10-8-6-4-2/h15-16H,3-14H2,1-2H3,(H2,23,24,25,27,29). The fourth-order valence-corrected chi connectivity index (χ4v) is 3.37. The number of hydrogen-bond donors (Lipinski definition) is 2. The van der Waals surface area contributed by atoms with Crippen LogP contribution in [0.25, 0.3) is 11.0 Å². The highest BCUT2D eigenvalue weighted by atomic mass is 16.2. The van der Waals surface area contributed by atoms with Crippen LogP contribution >= 0.6 is 0 Å². The van der Waals surface area contributed by atoms with Crippen LogP contribution < -0.4 is 10.9 Å². The number of aromatic amines is 1. The third-order valence-corrected chi connectivity index (χ3v) is 5.08. The third-order valence-electron chi connectivity index (χ3n) is 5.08. The molecule has 0 spiro atoms. The summed E-state index contributed by atoms with van der Waals surface area (Å²) in [7, 11) is 0. The Morgan fingerprint density at radius 3 is 2.24 bits per heavy atom. The van der Waals surface area contributed by atoms with Crippen LogP contribution in [0.3, 0.4) is 0 Å². The minimum absolute atomic E-state index is 0.0807. The molecule has 7 nitrogen and oxygen atoms in total. The zero-order valence-corrected chi connectivity index (χ0v) is 17.8. The summed E-state index contributed by atoms with van der Waals surface area (Å²) in [6, 6.07) is 1.59. The monoisotopic (exact) mass is 402 g/mol. The van der Waals surface area contributed by atoms with Gasteiger partial charge in [-0.15, -0.1) is 0 Å². The molecule has 0 aliphatic carbocycles. The summed E-state index contributed by atoms with van der Waals surface area (Å²) in [4.78, 5) is 43.9. The minimum atomic E-state index is -0.359. The van der Waals surface area contributed by atoms with Crippen molar-refractivity contribution in [3.05, 3.63) is 22.6 Å². The number of unbranched alkanes of at least 4 members (excludes halogenated alkanes) is 8. The molecule has 0 saturated carbocycles. The van der Waals surface area contributed by atoms with Gasteiger partial charge >= 0.3 is 0 Å². The topological polar surface area (TPSA) is 96.8 Å². The lowest BCUT2D eigenvalue weighted by Crippen LogP contribution is -2.19. The van der Waals surface area contributed by atoms with Crippen LogP contribution in [0.4, 0.5) is 5.95 Å². The minimum Gasteiger partial charge on any atom is -0.296 e. The molecular weight excluding hydrogens is 368 g/mol. The lowest BCUT2D eigenvalue weighted by Gasteiger charge is -2.07. The SMILES string of the molecule is CCCCCCCC(=O)Nc1nc2c(ccn2C(=O)CCCCCCC)c(=O)[nH]1. The first-order chi connectivity index (χ1) is 14.1. The van der Waals surface area contributed by atoms with E-state index in [1.165, 1.54) is 17.4 Å². The fourth-order valence-electron chi connectivity index (χ4n) is 3.37. The number of anilines is 1. The molecule has 1 amide bonds. The van der Waals surface area contributed by atoms with Gasteiger partial charge < -0.3 is 0 Å². The maximum absolute atomic E-state index is 12.5. The molecule has 2 aromatic rings. The van der Waals surface area contributed by atoms with Crippen molar-refractivity contribution in [1.29, 1.82) is 0 Å². The largest absolute Gasteiger partial charge is 0.296 e. The summed E-state index contributed by atoms with van der Waals surface area (Å²) in [5, 5.41) is 3.01. The Balaban J connectivity index is 1.99. The van der Waals surface area contributed by atoms with Crippen molar-refractivity contribution < 1.29 is 9.59 Å². The number of carbonyl (C=O) groups excluding carboxylic acids is 2. The zero-order chi connectivity index (χ0) is 21.1. The number of amides is 1. The van der Waals surface area contributed by atoms with E-state index < -0.39 is 0 Å². The molecule has 2 aromatic heterocycles. The van der Waals surface area contributed by atoms with E-state index >= 15 is 0 Å². The van der Waals surface area contributed by atoms with E-state index in [-0.39, 0.29) is 23.3 Å². The van der Waals surface area contributed by atoms with E-state index in [9.17, 15) is 14.4 Å². The molecule has 7 heteroatoms. The van der Waals surface area contributed by atoms with E-state index in [2.05, 4.69) is 29.1 Å². The smallest absolute Gasteiger partial charge is 0.261 e. The highest BCUT2D eigenvalue weighted by molar-refractivity contribution is 5.92. The van der Waals surface area contributed by atoms with Crippen LogP contribution in [-0.4, -0.2) is 26.3 Å². The summed E-state index contributed by atoms with van der Waals surface area (Å²) < 4.78 is 1.42. The van der Waals surface area contributed by atoms with Crippen molar-refractivity contribution in [3.8, 4) is 0 Å². The van der Waals surface area contributed by atoms with Crippen molar-refractivity contribution in [1.82, 2.24) is 14.5 Å². The number of rotatable bonds is 13. The van der Waals surface area contributed by atoms with Gasteiger partial charge in [0, 0.05) is 19.0 Å². The molecule has 0 radical (unpaired) electrons.